The van der Waals surface area contributed by atoms with Gasteiger partial charge >= 0.3 is 0 Å². The summed E-state index contributed by atoms with van der Waals surface area (Å²) in [5, 5.41) is 11.3. The van der Waals surface area contributed by atoms with Crippen LogP contribution in [0.5, 0.6) is 0 Å². The van der Waals surface area contributed by atoms with Gasteiger partial charge in [-0.3, -0.25) is 10.1 Å². The fourth-order valence-corrected chi connectivity index (χ4v) is 4.17. The molecule has 0 radical (unpaired) electrons. The van der Waals surface area contributed by atoms with E-state index in [1.165, 1.54) is 0 Å². The molecule has 0 bridgehead atoms. The lowest BCUT2D eigenvalue weighted by molar-refractivity contribution is 0.243. The van der Waals surface area contributed by atoms with Crippen molar-refractivity contribution in [2.24, 2.45) is 10.7 Å². The molecule has 0 aliphatic carbocycles. The molecule has 5 rings (SSSR count). The second-order valence-corrected chi connectivity index (χ2v) is 8.02. The fraction of sp³-hybridized carbons (Fsp3) is 0.526. The first-order chi connectivity index (χ1) is 13.1. The normalized spacial score (nSPS) is 21.2. The molecule has 2 aromatic heterocycles. The summed E-state index contributed by atoms with van der Waals surface area (Å²) in [5.74, 6) is 2.78. The first-order valence-corrected chi connectivity index (χ1v) is 9.76. The maximum absolute atomic E-state index is 6.26. The van der Waals surface area contributed by atoms with Crippen molar-refractivity contribution < 1.29 is 0 Å². The van der Waals surface area contributed by atoms with E-state index < -0.39 is 0 Å². The topological polar surface area (TPSA) is 98.5 Å². The van der Waals surface area contributed by atoms with Crippen molar-refractivity contribution in [2.45, 2.75) is 38.1 Å². The Hall–Kier alpha value is -2.61. The molecule has 3 aliphatic rings. The van der Waals surface area contributed by atoms with E-state index in [0.717, 1.165) is 79.9 Å². The van der Waals surface area contributed by atoms with Crippen LogP contribution in [-0.4, -0.2) is 57.6 Å². The summed E-state index contributed by atoms with van der Waals surface area (Å²) in [6, 6.07) is 4.11. The average Bonchev–Trinajstić information content (AvgIpc) is 3.10. The molecular weight excluding hydrogens is 340 g/mol. The van der Waals surface area contributed by atoms with Crippen molar-refractivity contribution in [1.29, 1.82) is 0 Å². The Morgan fingerprint density at radius 1 is 1.22 bits per heavy atom. The van der Waals surface area contributed by atoms with Crippen molar-refractivity contribution in [2.75, 3.05) is 36.4 Å². The van der Waals surface area contributed by atoms with E-state index in [1.807, 2.05) is 12.3 Å². The molecule has 27 heavy (non-hydrogen) atoms. The molecule has 0 saturated carbocycles. The first-order valence-electron chi connectivity index (χ1n) is 9.76. The summed E-state index contributed by atoms with van der Waals surface area (Å²) < 4.78 is 0. The molecule has 5 heterocycles. The summed E-state index contributed by atoms with van der Waals surface area (Å²) in [6.07, 6.45) is 5.94. The van der Waals surface area contributed by atoms with Gasteiger partial charge in [-0.25, -0.2) is 4.99 Å². The number of aryl methyl sites for hydroxylation is 1. The quantitative estimate of drug-likeness (QED) is 0.715. The molecule has 8 nitrogen and oxygen atoms in total. The number of nitrogens with two attached hydrogens (primary N) is 1. The first kappa shape index (κ1) is 16.6. The molecule has 1 saturated heterocycles. The number of nitrogens with one attached hydrogen (secondary N) is 2. The highest BCUT2D eigenvalue weighted by atomic mass is 15.4. The number of aromatic nitrogens is 3. The molecule has 0 atom stereocenters. The lowest BCUT2D eigenvalue weighted by Gasteiger charge is -2.39. The smallest absolute Gasteiger partial charge is 0.180 e. The zero-order valence-corrected chi connectivity index (χ0v) is 15.7. The van der Waals surface area contributed by atoms with Crippen LogP contribution in [0.2, 0.25) is 0 Å². The summed E-state index contributed by atoms with van der Waals surface area (Å²) in [4.78, 5) is 14.0. The van der Waals surface area contributed by atoms with Crippen molar-refractivity contribution >= 4 is 28.8 Å². The molecule has 142 valence electrons. The Kier molecular flexibility index (Phi) is 3.82. The second kappa shape index (κ2) is 6.23. The Labute approximate surface area is 158 Å². The van der Waals surface area contributed by atoms with Gasteiger partial charge in [-0.2, -0.15) is 5.10 Å². The third-order valence-corrected chi connectivity index (χ3v) is 5.87. The number of hydrogen-bond acceptors (Lipinski definition) is 7. The van der Waals surface area contributed by atoms with Gasteiger partial charge in [0, 0.05) is 31.4 Å². The maximum atomic E-state index is 6.26. The number of fused-ring (bicyclic) bond motifs is 2. The summed E-state index contributed by atoms with van der Waals surface area (Å²) >= 11 is 0. The Bertz CT molecular complexity index is 874. The van der Waals surface area contributed by atoms with Crippen LogP contribution in [-0.2, 0) is 6.42 Å². The highest BCUT2D eigenvalue weighted by molar-refractivity contribution is 5.96. The van der Waals surface area contributed by atoms with Crippen LogP contribution in [0, 0.1) is 0 Å². The number of aromatic amines is 1. The standard InChI is InChI=1S/C19H26N8/c1-19(20)6-10-26(11-7-19)15-12-22-16-17(23-15)24-25-18(16)27-9-3-4-13-14(27)5-2-8-21-13/h2,5,8,22H,3-4,6-7,9-12,20H2,1H3,(H,24,25). The number of hydrogen-bond donors (Lipinski definition) is 3. The Balaban J connectivity index is 1.42. The third-order valence-electron chi connectivity index (χ3n) is 5.87. The molecule has 3 aliphatic heterocycles. The van der Waals surface area contributed by atoms with Crippen LogP contribution in [0.15, 0.2) is 23.3 Å². The van der Waals surface area contributed by atoms with Gasteiger partial charge in [-0.1, -0.05) is 0 Å². The van der Waals surface area contributed by atoms with Gasteiger partial charge in [0.25, 0.3) is 0 Å². The molecule has 8 heteroatoms. The van der Waals surface area contributed by atoms with Crippen LogP contribution >= 0.6 is 0 Å². The number of pyridine rings is 1. The van der Waals surface area contributed by atoms with Gasteiger partial charge in [0.1, 0.15) is 11.5 Å². The number of amidine groups is 1. The predicted molar refractivity (Wildman–Crippen MR) is 107 cm³/mol. The number of anilines is 3. The number of likely N-dealkylation sites (tertiary alicyclic amines) is 1. The van der Waals surface area contributed by atoms with Crippen molar-refractivity contribution in [1.82, 2.24) is 20.1 Å². The van der Waals surface area contributed by atoms with Crippen LogP contribution in [0.1, 0.15) is 31.9 Å². The molecule has 0 spiro atoms. The minimum Gasteiger partial charge on any atom is -0.372 e. The van der Waals surface area contributed by atoms with Crippen molar-refractivity contribution in [3.05, 3.63) is 24.0 Å². The van der Waals surface area contributed by atoms with Crippen LogP contribution in [0.25, 0.3) is 0 Å². The zero-order chi connectivity index (χ0) is 18.4. The van der Waals surface area contributed by atoms with Crippen LogP contribution < -0.4 is 16.0 Å². The number of piperidine rings is 1. The maximum Gasteiger partial charge on any atom is 0.180 e. The summed E-state index contributed by atoms with van der Waals surface area (Å²) in [6.45, 7) is 5.70. The van der Waals surface area contributed by atoms with E-state index in [4.69, 9.17) is 10.7 Å². The average molecular weight is 366 g/mol. The molecule has 0 amide bonds. The minimum absolute atomic E-state index is 0.0544. The number of nitrogens with zero attached hydrogens (tertiary/aromatic N) is 5. The van der Waals surface area contributed by atoms with Crippen molar-refractivity contribution in [3.8, 4) is 0 Å². The van der Waals surface area contributed by atoms with Gasteiger partial charge in [0.15, 0.2) is 11.6 Å². The predicted octanol–water partition coefficient (Wildman–Crippen LogP) is 2.16. The Morgan fingerprint density at radius 2 is 2.07 bits per heavy atom. The monoisotopic (exact) mass is 366 g/mol. The molecule has 4 N–H and O–H groups in total. The van der Waals surface area contributed by atoms with Gasteiger partial charge in [0.2, 0.25) is 0 Å². The highest BCUT2D eigenvalue weighted by Crippen LogP contribution is 2.40. The van der Waals surface area contributed by atoms with E-state index in [9.17, 15) is 0 Å². The van der Waals surface area contributed by atoms with Crippen LogP contribution in [0.4, 0.5) is 23.0 Å². The molecule has 0 aromatic carbocycles. The third kappa shape index (κ3) is 2.93. The van der Waals surface area contributed by atoms with E-state index >= 15 is 0 Å². The second-order valence-electron chi connectivity index (χ2n) is 8.02. The highest BCUT2D eigenvalue weighted by Gasteiger charge is 2.31. The molecule has 0 unspecified atom stereocenters. The summed E-state index contributed by atoms with van der Waals surface area (Å²) in [7, 11) is 0. The fourth-order valence-electron chi connectivity index (χ4n) is 4.17. The van der Waals surface area contributed by atoms with E-state index in [0.29, 0.717) is 6.54 Å². The van der Waals surface area contributed by atoms with Gasteiger partial charge in [0.05, 0.1) is 17.9 Å². The lowest BCUT2D eigenvalue weighted by Crippen LogP contribution is -2.51. The molecule has 2 aromatic rings. The number of aliphatic imine (C=N–C) groups is 1. The van der Waals surface area contributed by atoms with Gasteiger partial charge < -0.3 is 20.9 Å². The SMILES string of the molecule is CC1(N)CCN(C2=Nc3[nH]nc(N4CCCc5ncccc54)c3NC2)CC1. The largest absolute Gasteiger partial charge is 0.372 e. The van der Waals surface area contributed by atoms with E-state index in [1.54, 1.807) is 0 Å². The van der Waals surface area contributed by atoms with Crippen molar-refractivity contribution in [3.63, 3.8) is 0 Å². The van der Waals surface area contributed by atoms with Crippen LogP contribution in [0.3, 0.4) is 0 Å². The zero-order valence-electron chi connectivity index (χ0n) is 15.7. The van der Waals surface area contributed by atoms with Gasteiger partial charge in [-0.05, 0) is 44.7 Å². The number of rotatable bonds is 1. The summed E-state index contributed by atoms with van der Waals surface area (Å²) in [5.41, 5.74) is 9.47. The molecular formula is C19H26N8. The van der Waals surface area contributed by atoms with E-state index in [2.05, 4.69) is 43.3 Å². The number of H-pyrrole nitrogens is 1. The van der Waals surface area contributed by atoms with E-state index in [-0.39, 0.29) is 5.54 Å². The lowest BCUT2D eigenvalue weighted by atomic mass is 9.91. The molecule has 1 fully saturated rings. The van der Waals surface area contributed by atoms with Gasteiger partial charge in [-0.15, -0.1) is 0 Å². The minimum atomic E-state index is -0.0544. The Morgan fingerprint density at radius 3 is 2.93 bits per heavy atom.